The van der Waals surface area contributed by atoms with Crippen LogP contribution in [0.15, 0.2) is 47.8 Å². The van der Waals surface area contributed by atoms with E-state index in [-0.39, 0.29) is 5.70 Å². The average Bonchev–Trinajstić information content (AvgIpc) is 3.17. The van der Waals surface area contributed by atoms with Crippen LogP contribution in [0.3, 0.4) is 0 Å². The second kappa shape index (κ2) is 5.68. The van der Waals surface area contributed by atoms with Gasteiger partial charge in [0.15, 0.2) is 11.5 Å². The molecule has 0 radical (unpaired) electrons. The van der Waals surface area contributed by atoms with Gasteiger partial charge in [-0.05, 0) is 27.9 Å². The number of thiophene rings is 1. The molecule has 0 atom stereocenters. The molecule has 3 aromatic rings. The average molecular weight is 298 g/mol. The summed E-state index contributed by atoms with van der Waals surface area (Å²) in [7, 11) is 0. The molecule has 21 heavy (non-hydrogen) atoms. The quantitative estimate of drug-likeness (QED) is 0.748. The number of benzene rings is 1. The highest BCUT2D eigenvalue weighted by Gasteiger charge is 2.18. The first kappa shape index (κ1) is 13.2. The smallest absolute Gasteiger partial charge is 0.354 e. The van der Waals surface area contributed by atoms with Gasteiger partial charge in [-0.3, -0.25) is 0 Å². The Labute approximate surface area is 124 Å². The number of carboxylic acid groups (broad SMARTS) is 1. The summed E-state index contributed by atoms with van der Waals surface area (Å²) in [6, 6.07) is 12.9. The molecule has 0 saturated carbocycles. The number of nitrogens with zero attached hydrogens (tertiary/aromatic N) is 4. The van der Waals surface area contributed by atoms with Crippen LogP contribution in [0.4, 0.5) is 0 Å². The number of carbonyl (C=O) groups is 1. The van der Waals surface area contributed by atoms with Gasteiger partial charge < -0.3 is 5.11 Å². The molecule has 0 unspecified atom stereocenters. The predicted octanol–water partition coefficient (Wildman–Crippen LogP) is 2.48. The van der Waals surface area contributed by atoms with Crippen molar-refractivity contribution < 1.29 is 9.90 Å². The fourth-order valence-corrected chi connectivity index (χ4v) is 2.49. The zero-order chi connectivity index (χ0) is 14.7. The summed E-state index contributed by atoms with van der Waals surface area (Å²) in [6.45, 7) is 0. The minimum Gasteiger partial charge on any atom is -0.477 e. The Morgan fingerprint density at radius 2 is 2.00 bits per heavy atom. The van der Waals surface area contributed by atoms with Gasteiger partial charge in [0.25, 0.3) is 0 Å². The van der Waals surface area contributed by atoms with Crippen molar-refractivity contribution in [1.82, 2.24) is 20.2 Å². The lowest BCUT2D eigenvalue weighted by molar-refractivity contribution is -0.130. The number of hydrogen-bond acceptors (Lipinski definition) is 5. The molecular formula is C14H10N4O2S. The Morgan fingerprint density at radius 3 is 2.67 bits per heavy atom. The second-order valence-corrected chi connectivity index (χ2v) is 5.11. The molecule has 0 saturated heterocycles. The molecule has 1 aromatic carbocycles. The number of aliphatic carboxylic acids is 1. The molecule has 2 aromatic heterocycles. The Hall–Kier alpha value is -2.80. The molecule has 0 spiro atoms. The van der Waals surface area contributed by atoms with Gasteiger partial charge in [-0.2, -0.15) is 4.68 Å². The fourth-order valence-electron chi connectivity index (χ4n) is 1.84. The molecule has 1 N–H and O–H groups in total. The van der Waals surface area contributed by atoms with Gasteiger partial charge in [-0.15, -0.1) is 16.4 Å². The molecule has 7 heteroatoms. The molecule has 104 valence electrons. The van der Waals surface area contributed by atoms with Gasteiger partial charge in [-0.1, -0.05) is 36.4 Å². The number of hydrogen-bond donors (Lipinski definition) is 1. The van der Waals surface area contributed by atoms with Crippen LogP contribution in [-0.4, -0.2) is 31.3 Å². The monoisotopic (exact) mass is 298 g/mol. The van der Waals surface area contributed by atoms with Crippen molar-refractivity contribution in [3.63, 3.8) is 0 Å². The van der Waals surface area contributed by atoms with Crippen LogP contribution < -0.4 is 0 Å². The maximum atomic E-state index is 11.5. The molecule has 6 nitrogen and oxygen atoms in total. The van der Waals surface area contributed by atoms with Crippen LogP contribution in [0.2, 0.25) is 0 Å². The first-order valence-electron chi connectivity index (χ1n) is 6.08. The lowest BCUT2D eigenvalue weighted by Crippen LogP contribution is -2.10. The molecular weight excluding hydrogens is 288 g/mol. The van der Waals surface area contributed by atoms with Crippen molar-refractivity contribution in [2.45, 2.75) is 0 Å². The Kier molecular flexibility index (Phi) is 3.57. The first-order chi connectivity index (χ1) is 10.3. The van der Waals surface area contributed by atoms with E-state index in [0.717, 1.165) is 10.4 Å². The third kappa shape index (κ3) is 2.72. The lowest BCUT2D eigenvalue weighted by Gasteiger charge is -2.05. The molecule has 0 aliphatic rings. The van der Waals surface area contributed by atoms with Crippen molar-refractivity contribution in [2.75, 3.05) is 0 Å². The molecule has 2 heterocycles. The normalized spacial score (nSPS) is 11.5. The van der Waals surface area contributed by atoms with Gasteiger partial charge in [0.1, 0.15) is 0 Å². The van der Waals surface area contributed by atoms with E-state index in [1.807, 2.05) is 47.8 Å². The van der Waals surface area contributed by atoms with E-state index in [0.29, 0.717) is 5.82 Å². The van der Waals surface area contributed by atoms with Crippen LogP contribution >= 0.6 is 11.3 Å². The Bertz CT molecular complexity index is 778. The minimum absolute atomic E-state index is 0.00121. The summed E-state index contributed by atoms with van der Waals surface area (Å²) < 4.78 is 1.23. The number of aromatic nitrogens is 4. The third-order valence-electron chi connectivity index (χ3n) is 2.77. The molecule has 0 fully saturated rings. The Morgan fingerprint density at radius 1 is 1.19 bits per heavy atom. The van der Waals surface area contributed by atoms with E-state index in [4.69, 9.17) is 0 Å². The van der Waals surface area contributed by atoms with Crippen molar-refractivity contribution >= 4 is 29.1 Å². The maximum absolute atomic E-state index is 11.5. The summed E-state index contributed by atoms with van der Waals surface area (Å²) in [5.74, 6) is -0.700. The van der Waals surface area contributed by atoms with Gasteiger partial charge in [0.05, 0.1) is 0 Å². The van der Waals surface area contributed by atoms with Crippen LogP contribution in [0.5, 0.6) is 0 Å². The van der Waals surface area contributed by atoms with E-state index < -0.39 is 5.97 Å². The highest BCUT2D eigenvalue weighted by molar-refractivity contribution is 7.10. The second-order valence-electron chi connectivity index (χ2n) is 4.13. The zero-order valence-corrected chi connectivity index (χ0v) is 11.6. The van der Waals surface area contributed by atoms with E-state index in [2.05, 4.69) is 15.5 Å². The van der Waals surface area contributed by atoms with Crippen molar-refractivity contribution in [3.05, 3.63) is 52.7 Å². The Balaban J connectivity index is 2.11. The van der Waals surface area contributed by atoms with Gasteiger partial charge in [-0.25, -0.2) is 4.79 Å². The van der Waals surface area contributed by atoms with Crippen LogP contribution in [0.25, 0.3) is 23.2 Å². The predicted molar refractivity (Wildman–Crippen MR) is 79.4 cm³/mol. The summed E-state index contributed by atoms with van der Waals surface area (Å²) >= 11 is 1.45. The van der Waals surface area contributed by atoms with Crippen LogP contribution in [0, 0.1) is 0 Å². The molecule has 0 aliphatic heterocycles. The van der Waals surface area contributed by atoms with Crippen LogP contribution in [0.1, 0.15) is 4.88 Å². The lowest BCUT2D eigenvalue weighted by atomic mass is 10.2. The van der Waals surface area contributed by atoms with Gasteiger partial charge in [0, 0.05) is 10.4 Å². The highest BCUT2D eigenvalue weighted by atomic mass is 32.1. The molecule has 0 aliphatic carbocycles. The van der Waals surface area contributed by atoms with E-state index in [9.17, 15) is 9.90 Å². The van der Waals surface area contributed by atoms with Gasteiger partial charge in [0.2, 0.25) is 0 Å². The molecule has 0 amide bonds. The molecule has 0 bridgehead atoms. The van der Waals surface area contributed by atoms with E-state index >= 15 is 0 Å². The highest BCUT2D eigenvalue weighted by Crippen LogP contribution is 2.21. The van der Waals surface area contributed by atoms with Gasteiger partial charge >= 0.3 is 5.97 Å². The summed E-state index contributed by atoms with van der Waals surface area (Å²) in [6.07, 6.45) is 1.55. The van der Waals surface area contributed by atoms with Crippen molar-refractivity contribution in [2.24, 2.45) is 0 Å². The number of tetrazole rings is 1. The SMILES string of the molecule is O=C(O)/C(=C\c1cccs1)n1nnnc1-c1ccccc1. The zero-order valence-electron chi connectivity index (χ0n) is 10.7. The topological polar surface area (TPSA) is 80.9 Å². The third-order valence-corrected chi connectivity index (χ3v) is 3.59. The standard InChI is InChI=1S/C14H10N4O2S/c19-14(20)12(9-11-7-4-8-21-11)18-13(15-16-17-18)10-5-2-1-3-6-10/h1-9H,(H,19,20)/b12-9+. The van der Waals surface area contributed by atoms with E-state index in [1.165, 1.54) is 16.0 Å². The number of rotatable bonds is 4. The molecule has 3 rings (SSSR count). The number of carboxylic acids is 1. The fraction of sp³-hybridized carbons (Fsp3) is 0. The maximum Gasteiger partial charge on any atom is 0.354 e. The van der Waals surface area contributed by atoms with Crippen molar-refractivity contribution in [1.29, 1.82) is 0 Å². The van der Waals surface area contributed by atoms with E-state index in [1.54, 1.807) is 6.08 Å². The van der Waals surface area contributed by atoms with Crippen molar-refractivity contribution in [3.8, 4) is 11.4 Å². The summed E-state index contributed by atoms with van der Waals surface area (Å²) in [4.78, 5) is 12.3. The summed E-state index contributed by atoms with van der Waals surface area (Å²) in [5, 5.41) is 22.6. The summed E-state index contributed by atoms with van der Waals surface area (Å²) in [5.41, 5.74) is 0.752. The minimum atomic E-state index is -1.09. The van der Waals surface area contributed by atoms with Crippen LogP contribution in [-0.2, 0) is 4.79 Å². The largest absolute Gasteiger partial charge is 0.477 e. The first-order valence-corrected chi connectivity index (χ1v) is 6.96.